The molecule has 0 unspecified atom stereocenters. The lowest BCUT2D eigenvalue weighted by atomic mass is 10.0. The second-order valence-electron chi connectivity index (χ2n) is 5.56. The molecule has 0 aliphatic carbocycles. The smallest absolute Gasteiger partial charge is 0.305 e. The van der Waals surface area contributed by atoms with Gasteiger partial charge in [0.05, 0.1) is 0 Å². The highest BCUT2D eigenvalue weighted by molar-refractivity contribution is 7.56. The van der Waals surface area contributed by atoms with Crippen molar-refractivity contribution in [1.29, 1.82) is 0 Å². The summed E-state index contributed by atoms with van der Waals surface area (Å²) in [6.45, 7) is 1.91. The average Bonchev–Trinajstić information content (AvgIpc) is 2.81. The predicted octanol–water partition coefficient (Wildman–Crippen LogP) is 4.94. The second kappa shape index (κ2) is 5.96. The van der Waals surface area contributed by atoms with Crippen molar-refractivity contribution in [2.75, 3.05) is 7.05 Å². The van der Waals surface area contributed by atoms with Gasteiger partial charge in [0.1, 0.15) is 6.10 Å². The molecule has 22 heavy (non-hydrogen) atoms. The van der Waals surface area contributed by atoms with E-state index in [-0.39, 0.29) is 12.1 Å². The molecule has 1 aliphatic rings. The number of halogens is 1. The summed E-state index contributed by atoms with van der Waals surface area (Å²) in [6.07, 6.45) is -0.390. The minimum absolute atomic E-state index is 0.157. The zero-order chi connectivity index (χ0) is 15.7. The number of hydrogen-bond donors (Lipinski definition) is 0. The van der Waals surface area contributed by atoms with E-state index in [1.807, 2.05) is 37.3 Å². The molecule has 0 saturated carbocycles. The minimum Gasteiger partial charge on any atom is -0.305 e. The lowest BCUT2D eigenvalue weighted by Gasteiger charge is -2.23. The van der Waals surface area contributed by atoms with Crippen LogP contribution in [0.15, 0.2) is 60.7 Å². The molecule has 0 N–H and O–H groups in total. The van der Waals surface area contributed by atoms with E-state index < -0.39 is 13.4 Å². The van der Waals surface area contributed by atoms with Crippen molar-refractivity contribution in [1.82, 2.24) is 4.67 Å². The molecule has 1 aliphatic heterocycles. The topological polar surface area (TPSA) is 29.5 Å². The van der Waals surface area contributed by atoms with Crippen molar-refractivity contribution in [3.8, 4) is 0 Å². The summed E-state index contributed by atoms with van der Waals surface area (Å²) in [7, 11) is -1.91. The van der Waals surface area contributed by atoms with Crippen molar-refractivity contribution in [2.45, 2.75) is 25.0 Å². The van der Waals surface area contributed by atoms with Gasteiger partial charge in [-0.05, 0) is 25.1 Å². The highest BCUT2D eigenvalue weighted by Crippen LogP contribution is 2.70. The first-order valence-electron chi connectivity index (χ1n) is 7.29. The molecule has 116 valence electrons. The highest BCUT2D eigenvalue weighted by atomic mass is 31.2. The molecule has 4 atom stereocenters. The maximum absolute atomic E-state index is 14.9. The summed E-state index contributed by atoms with van der Waals surface area (Å²) in [6, 6.07) is 18.0. The summed E-state index contributed by atoms with van der Waals surface area (Å²) >= 11 is 0. The Morgan fingerprint density at radius 2 is 1.64 bits per heavy atom. The summed E-state index contributed by atoms with van der Waals surface area (Å²) in [5.74, 6) is -1.64. The van der Waals surface area contributed by atoms with Crippen LogP contribution in [0.25, 0.3) is 0 Å². The van der Waals surface area contributed by atoms with Crippen LogP contribution < -0.4 is 0 Å². The number of alkyl halides is 1. The van der Waals surface area contributed by atoms with Gasteiger partial charge in [-0.3, -0.25) is 4.57 Å². The number of nitrogens with zero attached hydrogens (tertiary/aromatic N) is 1. The summed E-state index contributed by atoms with van der Waals surface area (Å²) < 4.78 is 35.4. The molecule has 0 bridgehead atoms. The van der Waals surface area contributed by atoms with Crippen LogP contribution in [0.1, 0.15) is 30.1 Å². The third kappa shape index (κ3) is 2.52. The van der Waals surface area contributed by atoms with E-state index in [2.05, 4.69) is 0 Å². The highest BCUT2D eigenvalue weighted by Gasteiger charge is 2.52. The number of likely N-dealkylation sites (N-methyl/N-ethyl adjacent to an activating group) is 1. The first-order valence-corrected chi connectivity index (χ1v) is 8.94. The monoisotopic (exact) mass is 319 g/mol. The molecule has 0 spiro atoms. The summed E-state index contributed by atoms with van der Waals surface area (Å²) in [5.41, 5.74) is 1.30. The van der Waals surface area contributed by atoms with Crippen LogP contribution in [0.5, 0.6) is 0 Å². The Bertz CT molecular complexity index is 680. The Hall–Kier alpha value is -1.48. The minimum atomic E-state index is -3.59. The fourth-order valence-electron chi connectivity index (χ4n) is 2.77. The van der Waals surface area contributed by atoms with Crippen LogP contribution in [0, 0.1) is 0 Å². The standard InChI is InChI=1S/C17H19FNO2P/c1-13-16(14-9-5-3-6-10-14)21-22(20,19(13)2)17(18)15-11-7-4-8-12-15/h3-13,16-17H,1-2H3/t13-,16-,17-,22-/m0/s1. The Kier molecular flexibility index (Phi) is 4.18. The van der Waals surface area contributed by atoms with E-state index in [1.165, 1.54) is 0 Å². The quantitative estimate of drug-likeness (QED) is 0.751. The van der Waals surface area contributed by atoms with E-state index in [9.17, 15) is 8.96 Å². The maximum Gasteiger partial charge on any atom is 0.311 e. The van der Waals surface area contributed by atoms with Gasteiger partial charge in [-0.2, -0.15) is 0 Å². The number of benzene rings is 2. The van der Waals surface area contributed by atoms with E-state index in [4.69, 9.17) is 4.52 Å². The van der Waals surface area contributed by atoms with Crippen LogP contribution in [0.4, 0.5) is 4.39 Å². The van der Waals surface area contributed by atoms with Crippen molar-refractivity contribution in [3.05, 3.63) is 71.8 Å². The Balaban J connectivity index is 1.93. The van der Waals surface area contributed by atoms with Gasteiger partial charge in [0, 0.05) is 6.04 Å². The van der Waals surface area contributed by atoms with Gasteiger partial charge in [0.15, 0.2) is 0 Å². The molecule has 5 heteroatoms. The normalized spacial score (nSPS) is 30.3. The van der Waals surface area contributed by atoms with Crippen LogP contribution >= 0.6 is 7.52 Å². The molecule has 0 aromatic heterocycles. The van der Waals surface area contributed by atoms with Crippen molar-refractivity contribution < 1.29 is 13.5 Å². The van der Waals surface area contributed by atoms with Gasteiger partial charge in [-0.25, -0.2) is 9.06 Å². The number of rotatable bonds is 3. The van der Waals surface area contributed by atoms with E-state index in [0.717, 1.165) is 5.56 Å². The summed E-state index contributed by atoms with van der Waals surface area (Å²) in [5, 5.41) is 0. The molecule has 2 aromatic rings. The van der Waals surface area contributed by atoms with E-state index in [1.54, 1.807) is 42.0 Å². The average molecular weight is 319 g/mol. The van der Waals surface area contributed by atoms with E-state index in [0.29, 0.717) is 5.56 Å². The Morgan fingerprint density at radius 3 is 2.23 bits per heavy atom. The zero-order valence-electron chi connectivity index (χ0n) is 12.6. The molecule has 0 amide bonds. The zero-order valence-corrected chi connectivity index (χ0v) is 13.5. The largest absolute Gasteiger partial charge is 0.311 e. The predicted molar refractivity (Wildman–Crippen MR) is 85.4 cm³/mol. The van der Waals surface area contributed by atoms with Crippen LogP contribution in [-0.2, 0) is 9.09 Å². The Labute approximate surface area is 130 Å². The Morgan fingerprint density at radius 1 is 1.09 bits per heavy atom. The lowest BCUT2D eigenvalue weighted by molar-refractivity contribution is 0.203. The van der Waals surface area contributed by atoms with Crippen molar-refractivity contribution in [2.24, 2.45) is 0 Å². The molecular weight excluding hydrogens is 300 g/mol. The SMILES string of the molecule is C[C@H]1[C@@H](c2ccccc2)O[P@@](=O)([C@H](F)c2ccccc2)N1C. The molecular formula is C17H19FNO2P. The van der Waals surface area contributed by atoms with Crippen LogP contribution in [0.3, 0.4) is 0 Å². The third-order valence-corrected chi connectivity index (χ3v) is 6.87. The van der Waals surface area contributed by atoms with Crippen LogP contribution in [0.2, 0.25) is 0 Å². The molecule has 1 heterocycles. The van der Waals surface area contributed by atoms with Gasteiger partial charge in [0.2, 0.25) is 5.91 Å². The number of hydrogen-bond acceptors (Lipinski definition) is 2. The van der Waals surface area contributed by atoms with Crippen molar-refractivity contribution >= 4 is 7.52 Å². The molecule has 1 saturated heterocycles. The first-order chi connectivity index (χ1) is 10.5. The van der Waals surface area contributed by atoms with Gasteiger partial charge < -0.3 is 4.52 Å². The van der Waals surface area contributed by atoms with Crippen LogP contribution in [-0.4, -0.2) is 17.8 Å². The molecule has 1 fully saturated rings. The fraction of sp³-hybridized carbons (Fsp3) is 0.294. The molecule has 2 aromatic carbocycles. The molecule has 3 rings (SSSR count). The second-order valence-corrected chi connectivity index (χ2v) is 7.98. The fourth-order valence-corrected chi connectivity index (χ4v) is 5.15. The van der Waals surface area contributed by atoms with Gasteiger partial charge in [-0.1, -0.05) is 60.7 Å². The van der Waals surface area contributed by atoms with E-state index >= 15 is 0 Å². The van der Waals surface area contributed by atoms with Gasteiger partial charge >= 0.3 is 7.52 Å². The lowest BCUT2D eigenvalue weighted by Crippen LogP contribution is -2.24. The van der Waals surface area contributed by atoms with Crippen molar-refractivity contribution in [3.63, 3.8) is 0 Å². The van der Waals surface area contributed by atoms with Gasteiger partial charge in [-0.15, -0.1) is 0 Å². The molecule has 3 nitrogen and oxygen atoms in total. The first kappa shape index (κ1) is 15.4. The van der Waals surface area contributed by atoms with Gasteiger partial charge in [0.25, 0.3) is 0 Å². The third-order valence-electron chi connectivity index (χ3n) is 4.22. The maximum atomic E-state index is 14.9. The summed E-state index contributed by atoms with van der Waals surface area (Å²) in [4.78, 5) is 0. The molecule has 0 radical (unpaired) electrons.